The van der Waals surface area contributed by atoms with E-state index in [1.165, 1.54) is 17.4 Å². The molecule has 0 saturated heterocycles. The number of rotatable bonds is 3. The van der Waals surface area contributed by atoms with E-state index in [-0.39, 0.29) is 17.6 Å². The van der Waals surface area contributed by atoms with E-state index < -0.39 is 5.82 Å². The summed E-state index contributed by atoms with van der Waals surface area (Å²) in [5.41, 5.74) is 2.76. The van der Waals surface area contributed by atoms with Crippen LogP contribution in [0.15, 0.2) is 36.5 Å². The number of amides is 1. The van der Waals surface area contributed by atoms with E-state index in [9.17, 15) is 9.18 Å². The second kappa shape index (κ2) is 7.48. The highest BCUT2D eigenvalue weighted by atomic mass is 35.5. The minimum absolute atomic E-state index is 0.0730. The van der Waals surface area contributed by atoms with Crippen molar-refractivity contribution in [2.45, 2.75) is 26.3 Å². The number of benzene rings is 1. The maximum atomic E-state index is 14.0. The van der Waals surface area contributed by atoms with Gasteiger partial charge in [0.2, 0.25) is 0 Å². The van der Waals surface area contributed by atoms with Crippen molar-refractivity contribution in [1.82, 2.24) is 14.9 Å². The lowest BCUT2D eigenvalue weighted by molar-refractivity contribution is 0.0670. The fourth-order valence-electron chi connectivity index (χ4n) is 3.40. The van der Waals surface area contributed by atoms with Gasteiger partial charge >= 0.3 is 0 Å². The Labute approximate surface area is 171 Å². The normalized spacial score (nSPS) is 16.0. The summed E-state index contributed by atoms with van der Waals surface area (Å²) in [5.74, 6) is -0.595. The molecule has 1 aromatic carbocycles. The highest BCUT2D eigenvalue weighted by Crippen LogP contribution is 2.32. The van der Waals surface area contributed by atoms with E-state index in [1.807, 2.05) is 30.9 Å². The van der Waals surface area contributed by atoms with E-state index in [1.54, 1.807) is 18.3 Å². The SMILES string of the molecule is Cc1sc(Nc2ccc(Cl)cc2F)nc1C(=O)N1CCc2ncccc2C1C. The molecule has 0 spiro atoms. The smallest absolute Gasteiger partial charge is 0.274 e. The molecular formula is C20H18ClFN4OS. The van der Waals surface area contributed by atoms with Gasteiger partial charge in [-0.2, -0.15) is 0 Å². The lowest BCUT2D eigenvalue weighted by Crippen LogP contribution is -2.39. The Morgan fingerprint density at radius 3 is 3.00 bits per heavy atom. The fraction of sp³-hybridized carbons (Fsp3) is 0.250. The Morgan fingerprint density at radius 2 is 2.21 bits per heavy atom. The molecule has 0 saturated carbocycles. The highest BCUT2D eigenvalue weighted by Gasteiger charge is 2.31. The van der Waals surface area contributed by atoms with Crippen molar-refractivity contribution >= 4 is 39.7 Å². The predicted molar refractivity (Wildman–Crippen MR) is 109 cm³/mol. The van der Waals surface area contributed by atoms with Crippen molar-refractivity contribution in [3.63, 3.8) is 0 Å². The molecule has 3 aromatic rings. The van der Waals surface area contributed by atoms with Gasteiger partial charge in [0.25, 0.3) is 5.91 Å². The second-order valence-corrected chi connectivity index (χ2v) is 8.28. The topological polar surface area (TPSA) is 58.1 Å². The first-order chi connectivity index (χ1) is 13.4. The van der Waals surface area contributed by atoms with Crippen molar-refractivity contribution in [2.24, 2.45) is 0 Å². The minimum atomic E-state index is -0.470. The molecule has 0 bridgehead atoms. The van der Waals surface area contributed by atoms with Crippen LogP contribution in [-0.2, 0) is 6.42 Å². The summed E-state index contributed by atoms with van der Waals surface area (Å²) in [7, 11) is 0. The molecule has 1 aliphatic heterocycles. The first-order valence-electron chi connectivity index (χ1n) is 8.88. The molecule has 0 fully saturated rings. The number of carbonyl (C=O) groups excluding carboxylic acids is 1. The van der Waals surface area contributed by atoms with Gasteiger partial charge in [0.15, 0.2) is 5.13 Å². The van der Waals surface area contributed by atoms with Crippen molar-refractivity contribution in [3.05, 3.63) is 69.2 Å². The van der Waals surface area contributed by atoms with Gasteiger partial charge in [0.05, 0.1) is 11.7 Å². The maximum absolute atomic E-state index is 14.0. The second-order valence-electron chi connectivity index (χ2n) is 6.64. The van der Waals surface area contributed by atoms with Gasteiger partial charge in [-0.15, -0.1) is 11.3 Å². The summed E-state index contributed by atoms with van der Waals surface area (Å²) in [4.78, 5) is 24.6. The average molecular weight is 417 g/mol. The van der Waals surface area contributed by atoms with Crippen molar-refractivity contribution in [1.29, 1.82) is 0 Å². The standard InChI is InChI=1S/C20H18ClFN4OS/c1-11-14-4-3-8-23-16(14)7-9-26(11)19(27)18-12(2)28-20(25-18)24-17-6-5-13(21)10-15(17)22/h3-6,8,10-11H,7,9H2,1-2H3,(H,24,25). The number of anilines is 2. The molecule has 0 aliphatic carbocycles. The van der Waals surface area contributed by atoms with Gasteiger partial charge in [-0.1, -0.05) is 17.7 Å². The summed E-state index contributed by atoms with van der Waals surface area (Å²) < 4.78 is 14.0. The number of halogens is 2. The average Bonchev–Trinajstić information content (AvgIpc) is 3.04. The number of aromatic nitrogens is 2. The molecule has 144 valence electrons. The summed E-state index contributed by atoms with van der Waals surface area (Å²) in [5, 5.41) is 3.73. The van der Waals surface area contributed by atoms with Crippen LogP contribution in [0, 0.1) is 12.7 Å². The van der Waals surface area contributed by atoms with Gasteiger partial charge in [-0.05, 0) is 43.7 Å². The molecule has 1 unspecified atom stereocenters. The quantitative estimate of drug-likeness (QED) is 0.642. The Hall–Kier alpha value is -2.51. The zero-order chi connectivity index (χ0) is 19.8. The number of nitrogens with one attached hydrogen (secondary N) is 1. The third kappa shape index (κ3) is 3.47. The Balaban J connectivity index is 1.57. The minimum Gasteiger partial charge on any atom is -0.330 e. The third-order valence-corrected chi connectivity index (χ3v) is 5.99. The molecule has 3 heterocycles. The Morgan fingerprint density at radius 1 is 1.39 bits per heavy atom. The number of carbonyl (C=O) groups is 1. The van der Waals surface area contributed by atoms with Gasteiger partial charge in [-0.3, -0.25) is 9.78 Å². The molecule has 1 aliphatic rings. The molecule has 8 heteroatoms. The number of pyridine rings is 1. The fourth-order valence-corrected chi connectivity index (χ4v) is 4.37. The predicted octanol–water partition coefficient (Wildman–Crippen LogP) is 5.14. The van der Waals surface area contributed by atoms with Crippen molar-refractivity contribution in [2.75, 3.05) is 11.9 Å². The molecular weight excluding hydrogens is 399 g/mol. The maximum Gasteiger partial charge on any atom is 0.274 e. The number of nitrogens with zero attached hydrogens (tertiary/aromatic N) is 3. The zero-order valence-corrected chi connectivity index (χ0v) is 16.9. The third-order valence-electron chi connectivity index (χ3n) is 4.87. The van der Waals surface area contributed by atoms with E-state index >= 15 is 0 Å². The van der Waals surface area contributed by atoms with Crippen molar-refractivity contribution < 1.29 is 9.18 Å². The molecule has 5 nitrogen and oxygen atoms in total. The van der Waals surface area contributed by atoms with Gasteiger partial charge in [0, 0.05) is 34.8 Å². The summed E-state index contributed by atoms with van der Waals surface area (Å²) >= 11 is 7.11. The van der Waals surface area contributed by atoms with Crippen LogP contribution in [0.3, 0.4) is 0 Å². The number of thiazole rings is 1. The summed E-state index contributed by atoms with van der Waals surface area (Å²) in [6.07, 6.45) is 2.50. The molecule has 4 rings (SSSR count). The molecule has 1 atom stereocenters. The van der Waals surface area contributed by atoms with E-state index in [2.05, 4.69) is 15.3 Å². The van der Waals surface area contributed by atoms with Gasteiger partial charge in [0.1, 0.15) is 11.5 Å². The van der Waals surface area contributed by atoms with Crippen LogP contribution in [0.25, 0.3) is 0 Å². The van der Waals surface area contributed by atoms with Gasteiger partial charge < -0.3 is 10.2 Å². The number of hydrogen-bond acceptors (Lipinski definition) is 5. The lowest BCUT2D eigenvalue weighted by atomic mass is 9.98. The zero-order valence-electron chi connectivity index (χ0n) is 15.4. The molecule has 1 N–H and O–H groups in total. The van der Waals surface area contributed by atoms with Gasteiger partial charge in [-0.25, -0.2) is 9.37 Å². The van der Waals surface area contributed by atoms with Crippen LogP contribution in [0.2, 0.25) is 5.02 Å². The monoisotopic (exact) mass is 416 g/mol. The summed E-state index contributed by atoms with van der Waals surface area (Å²) in [6, 6.07) is 8.21. The number of aryl methyl sites for hydroxylation is 1. The van der Waals surface area contributed by atoms with E-state index in [4.69, 9.17) is 11.6 Å². The largest absolute Gasteiger partial charge is 0.330 e. The van der Waals surface area contributed by atoms with Crippen LogP contribution in [0.1, 0.15) is 39.6 Å². The molecule has 0 radical (unpaired) electrons. The van der Waals surface area contributed by atoms with Crippen LogP contribution in [0.5, 0.6) is 0 Å². The molecule has 28 heavy (non-hydrogen) atoms. The number of fused-ring (bicyclic) bond motifs is 1. The Kier molecular flexibility index (Phi) is 5.03. The Bertz CT molecular complexity index is 1050. The van der Waals surface area contributed by atoms with Crippen LogP contribution < -0.4 is 5.32 Å². The first-order valence-corrected chi connectivity index (χ1v) is 10.1. The van der Waals surface area contributed by atoms with Crippen LogP contribution in [-0.4, -0.2) is 27.3 Å². The van der Waals surface area contributed by atoms with Crippen LogP contribution in [0.4, 0.5) is 15.2 Å². The molecule has 2 aromatic heterocycles. The molecule has 1 amide bonds. The van der Waals surface area contributed by atoms with E-state index in [0.29, 0.717) is 22.4 Å². The number of hydrogen-bond donors (Lipinski definition) is 1. The van der Waals surface area contributed by atoms with Crippen LogP contribution >= 0.6 is 22.9 Å². The van der Waals surface area contributed by atoms with E-state index in [0.717, 1.165) is 22.6 Å². The first kappa shape index (κ1) is 18.8. The summed E-state index contributed by atoms with van der Waals surface area (Å²) in [6.45, 7) is 4.44. The van der Waals surface area contributed by atoms with Crippen molar-refractivity contribution in [3.8, 4) is 0 Å². The highest BCUT2D eigenvalue weighted by molar-refractivity contribution is 7.15. The lowest BCUT2D eigenvalue weighted by Gasteiger charge is -2.34.